The molecule has 27 heavy (non-hydrogen) atoms. The zero-order valence-corrected chi connectivity index (χ0v) is 16.2. The van der Waals surface area contributed by atoms with Gasteiger partial charge in [0.25, 0.3) is 5.91 Å². The van der Waals surface area contributed by atoms with Crippen molar-refractivity contribution in [1.82, 2.24) is 19.9 Å². The van der Waals surface area contributed by atoms with Gasteiger partial charge < -0.3 is 9.80 Å². The van der Waals surface area contributed by atoms with Gasteiger partial charge in [-0.2, -0.15) is 0 Å². The number of hydrogen-bond donors (Lipinski definition) is 0. The van der Waals surface area contributed by atoms with Gasteiger partial charge in [0.1, 0.15) is 0 Å². The highest BCUT2D eigenvalue weighted by Crippen LogP contribution is 2.39. The highest BCUT2D eigenvalue weighted by atomic mass is 35.5. The van der Waals surface area contributed by atoms with Gasteiger partial charge in [-0.15, -0.1) is 5.10 Å². The number of amides is 1. The maximum Gasteiger partial charge on any atom is 0.253 e. The van der Waals surface area contributed by atoms with Crippen LogP contribution in [0.3, 0.4) is 0 Å². The van der Waals surface area contributed by atoms with Gasteiger partial charge in [-0.05, 0) is 49.4 Å². The smallest absolute Gasteiger partial charge is 0.253 e. The Morgan fingerprint density at radius 3 is 2.56 bits per heavy atom. The second-order valence-electron chi connectivity index (χ2n) is 6.81. The van der Waals surface area contributed by atoms with E-state index in [2.05, 4.69) is 15.2 Å². The summed E-state index contributed by atoms with van der Waals surface area (Å²) in [7, 11) is 3.52. The van der Waals surface area contributed by atoms with E-state index in [4.69, 9.17) is 11.6 Å². The number of anilines is 2. The van der Waals surface area contributed by atoms with E-state index in [9.17, 15) is 4.79 Å². The minimum Gasteiger partial charge on any atom is -0.345 e. The number of aryl methyl sites for hydroxylation is 1. The molecule has 138 valence electrons. The number of carbonyl (C=O) groups excluding carboxylic acids is 1. The van der Waals surface area contributed by atoms with Gasteiger partial charge in [0, 0.05) is 42.5 Å². The third-order valence-corrected chi connectivity index (χ3v) is 5.03. The van der Waals surface area contributed by atoms with Crippen molar-refractivity contribution in [2.24, 2.45) is 0 Å². The molecule has 0 saturated carbocycles. The Morgan fingerprint density at radius 2 is 1.85 bits per heavy atom. The summed E-state index contributed by atoms with van der Waals surface area (Å²) in [5, 5.41) is 9.22. The van der Waals surface area contributed by atoms with E-state index < -0.39 is 0 Å². The molecule has 0 atom stereocenters. The Labute approximate surface area is 163 Å². The summed E-state index contributed by atoms with van der Waals surface area (Å²) in [5.41, 5.74) is 5.52. The van der Waals surface area contributed by atoms with Gasteiger partial charge >= 0.3 is 0 Å². The minimum atomic E-state index is -0.0264. The maximum atomic E-state index is 12.5. The van der Waals surface area contributed by atoms with Gasteiger partial charge in [0.05, 0.1) is 23.6 Å². The number of fused-ring (bicyclic) bond motifs is 3. The molecule has 0 saturated heterocycles. The van der Waals surface area contributed by atoms with E-state index in [1.54, 1.807) is 19.0 Å². The standard InChI is InChI=1S/C20H20ClN5O/c1-13-19-17-9-4-14(20(27)24(2)3)12-18(17)25(10-11-26(19)23-22-13)16-7-5-15(21)6-8-16/h4-9,12H,10-11H2,1-3H3. The van der Waals surface area contributed by atoms with E-state index in [1.165, 1.54) is 0 Å². The van der Waals surface area contributed by atoms with Gasteiger partial charge in [-0.3, -0.25) is 4.79 Å². The van der Waals surface area contributed by atoms with E-state index in [-0.39, 0.29) is 5.91 Å². The molecule has 0 unspecified atom stereocenters. The Bertz CT molecular complexity index is 1010. The molecule has 2 aromatic carbocycles. The van der Waals surface area contributed by atoms with E-state index >= 15 is 0 Å². The first-order chi connectivity index (χ1) is 13.0. The molecular weight excluding hydrogens is 362 g/mol. The normalized spacial score (nSPS) is 13.0. The lowest BCUT2D eigenvalue weighted by Crippen LogP contribution is -2.23. The number of hydrogen-bond acceptors (Lipinski definition) is 4. The Morgan fingerprint density at radius 1 is 1.11 bits per heavy atom. The van der Waals surface area contributed by atoms with Crippen molar-refractivity contribution in [2.75, 3.05) is 25.5 Å². The fourth-order valence-electron chi connectivity index (χ4n) is 3.44. The van der Waals surface area contributed by atoms with Crippen LogP contribution in [0.1, 0.15) is 16.1 Å². The lowest BCUT2D eigenvalue weighted by atomic mass is 10.0. The molecule has 3 aromatic rings. The molecule has 0 bridgehead atoms. The first-order valence-corrected chi connectivity index (χ1v) is 9.13. The van der Waals surface area contributed by atoms with Crippen LogP contribution in [0.15, 0.2) is 42.5 Å². The number of carbonyl (C=O) groups is 1. The van der Waals surface area contributed by atoms with Crippen molar-refractivity contribution in [3.63, 3.8) is 0 Å². The Hall–Kier alpha value is -2.86. The van der Waals surface area contributed by atoms with Crippen molar-refractivity contribution >= 4 is 28.9 Å². The summed E-state index contributed by atoms with van der Waals surface area (Å²) in [5.74, 6) is -0.0264. The highest BCUT2D eigenvalue weighted by Gasteiger charge is 2.25. The largest absolute Gasteiger partial charge is 0.345 e. The number of nitrogens with zero attached hydrogens (tertiary/aromatic N) is 5. The van der Waals surface area contributed by atoms with Crippen molar-refractivity contribution in [3.05, 3.63) is 58.7 Å². The van der Waals surface area contributed by atoms with Gasteiger partial charge in [0.2, 0.25) is 0 Å². The van der Waals surface area contributed by atoms with Crippen LogP contribution in [0.25, 0.3) is 11.3 Å². The average molecular weight is 382 g/mol. The van der Waals surface area contributed by atoms with Crippen molar-refractivity contribution < 1.29 is 4.79 Å². The molecule has 1 aliphatic rings. The number of benzene rings is 2. The molecule has 6 nitrogen and oxygen atoms in total. The van der Waals surface area contributed by atoms with Crippen molar-refractivity contribution in [2.45, 2.75) is 13.5 Å². The average Bonchev–Trinajstić information content (AvgIpc) is 2.94. The zero-order valence-electron chi connectivity index (χ0n) is 15.5. The third kappa shape index (κ3) is 3.06. The minimum absolute atomic E-state index is 0.0264. The van der Waals surface area contributed by atoms with Crippen LogP contribution >= 0.6 is 11.6 Å². The van der Waals surface area contributed by atoms with Gasteiger partial charge in [0.15, 0.2) is 0 Å². The molecule has 4 rings (SSSR count). The van der Waals surface area contributed by atoms with E-state index in [0.717, 1.165) is 28.3 Å². The monoisotopic (exact) mass is 381 g/mol. The van der Waals surface area contributed by atoms with Crippen LogP contribution in [0.4, 0.5) is 11.4 Å². The zero-order chi connectivity index (χ0) is 19.1. The van der Waals surface area contributed by atoms with Crippen LogP contribution in [0.2, 0.25) is 5.02 Å². The maximum absolute atomic E-state index is 12.5. The first kappa shape index (κ1) is 17.5. The summed E-state index contributed by atoms with van der Waals surface area (Å²) in [6, 6.07) is 13.5. The molecule has 7 heteroatoms. The molecule has 2 heterocycles. The predicted molar refractivity (Wildman–Crippen MR) is 107 cm³/mol. The van der Waals surface area contributed by atoms with Crippen LogP contribution in [0.5, 0.6) is 0 Å². The summed E-state index contributed by atoms with van der Waals surface area (Å²) in [4.78, 5) is 16.3. The molecule has 1 amide bonds. The van der Waals surface area contributed by atoms with Gasteiger partial charge in [-0.1, -0.05) is 16.8 Å². The van der Waals surface area contributed by atoms with E-state index in [0.29, 0.717) is 23.7 Å². The van der Waals surface area contributed by atoms with Crippen LogP contribution < -0.4 is 4.90 Å². The summed E-state index contributed by atoms with van der Waals surface area (Å²) >= 11 is 6.07. The van der Waals surface area contributed by atoms with Gasteiger partial charge in [-0.25, -0.2) is 4.68 Å². The second kappa shape index (κ2) is 6.70. The molecular formula is C20H20ClN5O. The quantitative estimate of drug-likeness (QED) is 0.678. The van der Waals surface area contributed by atoms with Crippen LogP contribution in [-0.4, -0.2) is 46.4 Å². The SMILES string of the molecule is Cc1nnn2c1-c1ccc(C(=O)N(C)C)cc1N(c1ccc(Cl)cc1)CC2. The fourth-order valence-corrected chi connectivity index (χ4v) is 3.57. The lowest BCUT2D eigenvalue weighted by Gasteiger charge is -2.25. The topological polar surface area (TPSA) is 54.3 Å². The third-order valence-electron chi connectivity index (χ3n) is 4.77. The molecule has 0 fully saturated rings. The molecule has 0 aliphatic carbocycles. The highest BCUT2D eigenvalue weighted by molar-refractivity contribution is 6.30. The molecule has 0 N–H and O–H groups in total. The molecule has 0 spiro atoms. The van der Waals surface area contributed by atoms with Crippen molar-refractivity contribution in [1.29, 1.82) is 0 Å². The fraction of sp³-hybridized carbons (Fsp3) is 0.250. The Balaban J connectivity index is 1.92. The number of halogens is 1. The summed E-state index contributed by atoms with van der Waals surface area (Å²) in [6.45, 7) is 3.37. The Kier molecular flexibility index (Phi) is 4.36. The molecule has 1 aromatic heterocycles. The summed E-state index contributed by atoms with van der Waals surface area (Å²) in [6.07, 6.45) is 0. The second-order valence-corrected chi connectivity index (χ2v) is 7.24. The van der Waals surface area contributed by atoms with E-state index in [1.807, 2.05) is 54.1 Å². The van der Waals surface area contributed by atoms with Crippen LogP contribution in [-0.2, 0) is 6.54 Å². The number of aromatic nitrogens is 3. The summed E-state index contributed by atoms with van der Waals surface area (Å²) < 4.78 is 1.93. The number of rotatable bonds is 2. The molecule has 0 radical (unpaired) electrons. The first-order valence-electron chi connectivity index (χ1n) is 8.75. The van der Waals surface area contributed by atoms with Crippen LogP contribution in [0, 0.1) is 6.92 Å². The molecule has 1 aliphatic heterocycles. The predicted octanol–water partition coefficient (Wildman–Crippen LogP) is 3.76. The lowest BCUT2D eigenvalue weighted by molar-refractivity contribution is 0.0827. The van der Waals surface area contributed by atoms with Crippen molar-refractivity contribution in [3.8, 4) is 11.3 Å².